The molecule has 0 bridgehead atoms. The van der Waals surface area contributed by atoms with Crippen LogP contribution in [-0.4, -0.2) is 18.8 Å². The zero-order chi connectivity index (χ0) is 17.7. The van der Waals surface area contributed by atoms with Crippen molar-refractivity contribution in [1.82, 2.24) is 0 Å². The molecule has 6 heteroatoms. The highest BCUT2D eigenvalue weighted by Crippen LogP contribution is 2.26. The predicted octanol–water partition coefficient (Wildman–Crippen LogP) is 3.83. The lowest BCUT2D eigenvalue weighted by Gasteiger charge is -2.09. The number of methoxy groups -OCH3 is 1. The third-order valence-corrected chi connectivity index (χ3v) is 3.20. The molecule has 0 spiro atoms. The van der Waals surface area contributed by atoms with Crippen molar-refractivity contribution in [2.75, 3.05) is 12.4 Å². The molecule has 0 unspecified atom stereocenters. The minimum Gasteiger partial charge on any atom is -0.495 e. The van der Waals surface area contributed by atoms with Crippen LogP contribution in [0.2, 0.25) is 0 Å². The van der Waals surface area contributed by atoms with Crippen LogP contribution in [0.25, 0.3) is 6.08 Å². The molecule has 0 aliphatic heterocycles. The number of ketones is 1. The van der Waals surface area contributed by atoms with Crippen LogP contribution in [0.5, 0.6) is 5.75 Å². The van der Waals surface area contributed by atoms with E-state index in [4.69, 9.17) is 4.74 Å². The van der Waals surface area contributed by atoms with E-state index in [-0.39, 0.29) is 17.0 Å². The minimum atomic E-state index is -0.757. The highest BCUT2D eigenvalue weighted by molar-refractivity contribution is 6.08. The molecule has 124 valence electrons. The number of carbonyl (C=O) groups excluding carboxylic acids is 2. The average Bonchev–Trinajstić information content (AvgIpc) is 2.53. The summed E-state index contributed by atoms with van der Waals surface area (Å²) < 4.78 is 32.2. The Morgan fingerprint density at radius 2 is 1.79 bits per heavy atom. The van der Waals surface area contributed by atoms with Crippen LogP contribution in [0.3, 0.4) is 0 Å². The van der Waals surface area contributed by atoms with Crippen molar-refractivity contribution in [1.29, 1.82) is 0 Å². The summed E-state index contributed by atoms with van der Waals surface area (Å²) >= 11 is 0. The first kappa shape index (κ1) is 17.3. The number of halogens is 2. The Bertz CT molecular complexity index is 796. The van der Waals surface area contributed by atoms with Gasteiger partial charge >= 0.3 is 0 Å². The number of hydrogen-bond acceptors (Lipinski definition) is 3. The quantitative estimate of drug-likeness (QED) is 0.669. The van der Waals surface area contributed by atoms with Crippen molar-refractivity contribution in [3.05, 3.63) is 65.2 Å². The monoisotopic (exact) mass is 331 g/mol. The Labute approximate surface area is 137 Å². The normalized spacial score (nSPS) is 10.7. The molecule has 0 aliphatic carbocycles. The van der Waals surface area contributed by atoms with Crippen LogP contribution in [0.4, 0.5) is 14.5 Å². The van der Waals surface area contributed by atoms with Gasteiger partial charge in [0.25, 0.3) is 0 Å². The van der Waals surface area contributed by atoms with Gasteiger partial charge in [-0.25, -0.2) is 8.78 Å². The van der Waals surface area contributed by atoms with E-state index in [1.165, 1.54) is 38.3 Å². The number of carbonyl (C=O) groups is 2. The number of amides is 1. The van der Waals surface area contributed by atoms with Crippen molar-refractivity contribution in [3.8, 4) is 5.75 Å². The van der Waals surface area contributed by atoms with Crippen LogP contribution in [0.1, 0.15) is 22.8 Å². The molecule has 1 N–H and O–H groups in total. The molecule has 4 nitrogen and oxygen atoms in total. The van der Waals surface area contributed by atoms with Crippen molar-refractivity contribution in [2.45, 2.75) is 6.92 Å². The molecule has 0 radical (unpaired) electrons. The van der Waals surface area contributed by atoms with Crippen LogP contribution >= 0.6 is 0 Å². The predicted molar refractivity (Wildman–Crippen MR) is 87.0 cm³/mol. The number of anilines is 1. The van der Waals surface area contributed by atoms with Gasteiger partial charge in [0.2, 0.25) is 5.91 Å². The van der Waals surface area contributed by atoms with E-state index in [0.29, 0.717) is 11.4 Å². The highest BCUT2D eigenvalue weighted by Gasteiger charge is 2.10. The summed E-state index contributed by atoms with van der Waals surface area (Å²) in [5, 5.41) is 2.55. The van der Waals surface area contributed by atoms with Crippen LogP contribution in [-0.2, 0) is 4.79 Å². The van der Waals surface area contributed by atoms with Crippen molar-refractivity contribution < 1.29 is 23.1 Å². The standard InChI is InChI=1S/C18H15F2NO3/c1-11(22)21-16-10-12(6-9-18(16)24-2)17(23)8-7-13-14(19)4-3-5-15(13)20/h3-10H,1-2H3,(H,21,22)/b8-7+. The molecular weight excluding hydrogens is 316 g/mol. The van der Waals surface area contributed by atoms with E-state index in [2.05, 4.69) is 5.32 Å². The van der Waals surface area contributed by atoms with Crippen LogP contribution in [0.15, 0.2) is 42.5 Å². The Morgan fingerprint density at radius 1 is 1.12 bits per heavy atom. The fourth-order valence-electron chi connectivity index (χ4n) is 2.07. The molecule has 1 amide bonds. The number of hydrogen-bond donors (Lipinski definition) is 1. The fourth-order valence-corrected chi connectivity index (χ4v) is 2.07. The summed E-state index contributed by atoms with van der Waals surface area (Å²) in [6.45, 7) is 1.33. The van der Waals surface area contributed by atoms with Crippen molar-refractivity contribution >= 4 is 23.5 Å². The van der Waals surface area contributed by atoms with Crippen LogP contribution in [0, 0.1) is 11.6 Å². The zero-order valence-corrected chi connectivity index (χ0v) is 13.1. The van der Waals surface area contributed by atoms with Gasteiger partial charge in [-0.15, -0.1) is 0 Å². The van der Waals surface area contributed by atoms with Gasteiger partial charge in [-0.05, 0) is 42.5 Å². The summed E-state index contributed by atoms with van der Waals surface area (Å²) in [7, 11) is 1.43. The van der Waals surface area contributed by atoms with E-state index < -0.39 is 17.4 Å². The first-order valence-electron chi connectivity index (χ1n) is 7.04. The molecule has 24 heavy (non-hydrogen) atoms. The SMILES string of the molecule is COc1ccc(C(=O)/C=C/c2c(F)cccc2F)cc1NC(C)=O. The van der Waals surface area contributed by atoms with Crippen molar-refractivity contribution in [3.63, 3.8) is 0 Å². The summed E-state index contributed by atoms with van der Waals surface area (Å²) in [5.74, 6) is -1.90. The van der Waals surface area contributed by atoms with Gasteiger partial charge < -0.3 is 10.1 Å². The van der Waals surface area contributed by atoms with Crippen LogP contribution < -0.4 is 10.1 Å². The molecule has 2 aromatic carbocycles. The topological polar surface area (TPSA) is 55.4 Å². The highest BCUT2D eigenvalue weighted by atomic mass is 19.1. The molecule has 0 aliphatic rings. The van der Waals surface area contributed by atoms with Gasteiger partial charge in [-0.3, -0.25) is 9.59 Å². The van der Waals surface area contributed by atoms with E-state index in [1.807, 2.05) is 0 Å². The molecular formula is C18H15F2NO3. The second-order valence-electron chi connectivity index (χ2n) is 4.93. The summed E-state index contributed by atoms with van der Waals surface area (Å²) in [5.41, 5.74) is 0.287. The maximum absolute atomic E-state index is 13.5. The molecule has 0 heterocycles. The van der Waals surface area contributed by atoms with Gasteiger partial charge in [0.05, 0.1) is 12.8 Å². The number of ether oxygens (including phenoxy) is 1. The second-order valence-corrected chi connectivity index (χ2v) is 4.93. The first-order valence-corrected chi connectivity index (χ1v) is 7.04. The molecule has 0 fully saturated rings. The van der Waals surface area contributed by atoms with Gasteiger partial charge in [0.1, 0.15) is 17.4 Å². The fraction of sp³-hybridized carbons (Fsp3) is 0.111. The Morgan fingerprint density at radius 3 is 2.38 bits per heavy atom. The van der Waals surface area contributed by atoms with E-state index in [1.54, 1.807) is 0 Å². The Hall–Kier alpha value is -3.02. The number of rotatable bonds is 5. The maximum Gasteiger partial charge on any atom is 0.221 e. The third-order valence-electron chi connectivity index (χ3n) is 3.20. The summed E-state index contributed by atoms with van der Waals surface area (Å²) in [6.07, 6.45) is 2.15. The second kappa shape index (κ2) is 7.50. The average molecular weight is 331 g/mol. The van der Waals surface area contributed by atoms with Crippen molar-refractivity contribution in [2.24, 2.45) is 0 Å². The zero-order valence-electron chi connectivity index (χ0n) is 13.1. The molecule has 2 rings (SSSR count). The lowest BCUT2D eigenvalue weighted by molar-refractivity contribution is -0.114. The van der Waals surface area contributed by atoms with Gasteiger partial charge in [0, 0.05) is 18.1 Å². The maximum atomic E-state index is 13.5. The van der Waals surface area contributed by atoms with E-state index in [0.717, 1.165) is 24.3 Å². The molecule has 0 atom stereocenters. The minimum absolute atomic E-state index is 0.243. The van der Waals surface area contributed by atoms with Gasteiger partial charge in [0.15, 0.2) is 5.78 Å². The summed E-state index contributed by atoms with van der Waals surface area (Å²) in [4.78, 5) is 23.4. The smallest absolute Gasteiger partial charge is 0.221 e. The third kappa shape index (κ3) is 4.04. The number of benzene rings is 2. The lowest BCUT2D eigenvalue weighted by Crippen LogP contribution is -2.08. The lowest BCUT2D eigenvalue weighted by atomic mass is 10.1. The molecule has 0 aromatic heterocycles. The summed E-state index contributed by atoms with van der Waals surface area (Å²) in [6, 6.07) is 7.91. The van der Waals surface area contributed by atoms with E-state index >= 15 is 0 Å². The largest absolute Gasteiger partial charge is 0.495 e. The Kier molecular flexibility index (Phi) is 5.42. The number of nitrogens with one attached hydrogen (secondary N) is 1. The molecule has 2 aromatic rings. The van der Waals surface area contributed by atoms with E-state index in [9.17, 15) is 18.4 Å². The van der Waals surface area contributed by atoms with Gasteiger partial charge in [-0.2, -0.15) is 0 Å². The molecule has 0 saturated carbocycles. The van der Waals surface area contributed by atoms with Gasteiger partial charge in [-0.1, -0.05) is 6.07 Å². The Balaban J connectivity index is 2.29. The number of allylic oxidation sites excluding steroid dienone is 1. The first-order chi connectivity index (χ1) is 11.4. The molecule has 0 saturated heterocycles.